The zero-order valence-electron chi connectivity index (χ0n) is 7.40. The molecular formula is C8H12F3NS. The highest BCUT2D eigenvalue weighted by molar-refractivity contribution is 7.97. The highest BCUT2D eigenvalue weighted by Gasteiger charge is 2.27. The predicted molar refractivity (Wildman–Crippen MR) is 48.5 cm³/mol. The summed E-state index contributed by atoms with van der Waals surface area (Å²) in [5.41, 5.74) is 1.24. The molecule has 13 heavy (non-hydrogen) atoms. The Morgan fingerprint density at radius 3 is 2.69 bits per heavy atom. The van der Waals surface area contributed by atoms with Gasteiger partial charge in [-0.15, -0.1) is 0 Å². The summed E-state index contributed by atoms with van der Waals surface area (Å²) in [6.45, 7) is 3.56. The van der Waals surface area contributed by atoms with Crippen molar-refractivity contribution in [3.8, 4) is 0 Å². The zero-order chi connectivity index (χ0) is 9.90. The second kappa shape index (κ2) is 4.37. The third-order valence-electron chi connectivity index (χ3n) is 1.73. The van der Waals surface area contributed by atoms with Crippen molar-refractivity contribution >= 4 is 11.9 Å². The lowest BCUT2D eigenvalue weighted by Crippen LogP contribution is -2.15. The fourth-order valence-corrected chi connectivity index (χ4v) is 2.11. The van der Waals surface area contributed by atoms with E-state index >= 15 is 0 Å². The van der Waals surface area contributed by atoms with E-state index in [0.717, 1.165) is 13.1 Å². The minimum Gasteiger partial charge on any atom is -0.243 e. The summed E-state index contributed by atoms with van der Waals surface area (Å²) < 4.78 is 37.2. The van der Waals surface area contributed by atoms with Gasteiger partial charge in [-0.25, -0.2) is 4.31 Å². The summed E-state index contributed by atoms with van der Waals surface area (Å²) in [5, 5.41) is 0. The fourth-order valence-electron chi connectivity index (χ4n) is 1.05. The van der Waals surface area contributed by atoms with E-state index in [1.54, 1.807) is 0 Å². The molecule has 0 atom stereocenters. The first-order valence-corrected chi connectivity index (χ1v) is 5.02. The molecule has 0 radical (unpaired) electrons. The summed E-state index contributed by atoms with van der Waals surface area (Å²) in [6.07, 6.45) is -2.68. The van der Waals surface area contributed by atoms with E-state index in [4.69, 9.17) is 0 Å². The van der Waals surface area contributed by atoms with E-state index in [1.807, 2.05) is 17.3 Å². The average Bonchev–Trinajstić information content (AvgIpc) is 2.33. The maximum Gasteiger partial charge on any atom is 0.389 e. The first-order chi connectivity index (χ1) is 5.97. The summed E-state index contributed by atoms with van der Waals surface area (Å²) >= 11 is 1.28. The van der Waals surface area contributed by atoms with E-state index in [1.165, 1.54) is 17.5 Å². The zero-order valence-corrected chi connectivity index (χ0v) is 8.21. The summed E-state index contributed by atoms with van der Waals surface area (Å²) in [5.74, 6) is 0.130. The SMILES string of the molecule is CC1=CCN(SCCC(F)(F)F)C1. The molecule has 0 aliphatic carbocycles. The molecule has 0 bridgehead atoms. The van der Waals surface area contributed by atoms with Crippen LogP contribution in [-0.2, 0) is 0 Å². The van der Waals surface area contributed by atoms with Gasteiger partial charge in [0.15, 0.2) is 0 Å². The Labute approximate surface area is 80.1 Å². The van der Waals surface area contributed by atoms with Gasteiger partial charge in [-0.05, 0) is 6.92 Å². The van der Waals surface area contributed by atoms with Gasteiger partial charge in [0.1, 0.15) is 0 Å². The van der Waals surface area contributed by atoms with Gasteiger partial charge in [-0.3, -0.25) is 0 Å². The minimum atomic E-state index is -4.02. The van der Waals surface area contributed by atoms with Crippen molar-refractivity contribution in [2.24, 2.45) is 0 Å². The maximum atomic E-state index is 11.8. The fraction of sp³-hybridized carbons (Fsp3) is 0.750. The van der Waals surface area contributed by atoms with Crippen LogP contribution < -0.4 is 0 Å². The summed E-state index contributed by atoms with van der Waals surface area (Å²) in [4.78, 5) is 0. The van der Waals surface area contributed by atoms with E-state index in [2.05, 4.69) is 0 Å². The molecule has 0 saturated heterocycles. The van der Waals surface area contributed by atoms with Crippen molar-refractivity contribution in [1.29, 1.82) is 0 Å². The quantitative estimate of drug-likeness (QED) is 0.521. The van der Waals surface area contributed by atoms with E-state index < -0.39 is 12.6 Å². The standard InChI is InChI=1S/C8H12F3NS/c1-7-2-4-12(6-7)13-5-3-8(9,10)11/h2H,3-6H2,1H3. The highest BCUT2D eigenvalue weighted by atomic mass is 32.2. The predicted octanol–water partition coefficient (Wildman–Crippen LogP) is 2.85. The van der Waals surface area contributed by atoms with E-state index in [-0.39, 0.29) is 5.75 Å². The van der Waals surface area contributed by atoms with Crippen LogP contribution >= 0.6 is 11.9 Å². The Kier molecular flexibility index (Phi) is 3.67. The van der Waals surface area contributed by atoms with Crippen molar-refractivity contribution in [3.63, 3.8) is 0 Å². The van der Waals surface area contributed by atoms with Crippen LogP contribution in [0.2, 0.25) is 0 Å². The number of rotatable bonds is 3. The van der Waals surface area contributed by atoms with Gasteiger partial charge in [-0.1, -0.05) is 23.6 Å². The Morgan fingerprint density at radius 1 is 1.54 bits per heavy atom. The Morgan fingerprint density at radius 2 is 2.23 bits per heavy atom. The normalized spacial score (nSPS) is 19.2. The van der Waals surface area contributed by atoms with Gasteiger partial charge < -0.3 is 0 Å². The van der Waals surface area contributed by atoms with Gasteiger partial charge in [0.2, 0.25) is 0 Å². The van der Waals surface area contributed by atoms with Crippen LogP contribution in [-0.4, -0.2) is 29.3 Å². The van der Waals surface area contributed by atoms with Gasteiger partial charge >= 0.3 is 6.18 Å². The van der Waals surface area contributed by atoms with Crippen LogP contribution in [0.1, 0.15) is 13.3 Å². The number of hydrogen-bond donors (Lipinski definition) is 0. The van der Waals surface area contributed by atoms with Crippen LogP contribution in [0.3, 0.4) is 0 Å². The molecule has 1 rings (SSSR count). The van der Waals surface area contributed by atoms with Crippen LogP contribution in [0.25, 0.3) is 0 Å². The third kappa shape index (κ3) is 4.57. The van der Waals surface area contributed by atoms with Crippen molar-refractivity contribution in [3.05, 3.63) is 11.6 Å². The molecular weight excluding hydrogens is 199 g/mol. The molecule has 1 aliphatic heterocycles. The molecule has 0 fully saturated rings. The molecule has 0 aromatic rings. The molecule has 0 aromatic carbocycles. The lowest BCUT2D eigenvalue weighted by Gasteiger charge is -2.14. The Hall–Kier alpha value is -0.160. The molecule has 0 spiro atoms. The van der Waals surface area contributed by atoms with E-state index in [0.29, 0.717) is 0 Å². The van der Waals surface area contributed by atoms with Gasteiger partial charge in [0.05, 0.1) is 6.42 Å². The van der Waals surface area contributed by atoms with Crippen molar-refractivity contribution in [1.82, 2.24) is 4.31 Å². The average molecular weight is 211 g/mol. The smallest absolute Gasteiger partial charge is 0.243 e. The number of nitrogens with zero attached hydrogens (tertiary/aromatic N) is 1. The highest BCUT2D eigenvalue weighted by Crippen LogP contribution is 2.25. The van der Waals surface area contributed by atoms with Crippen LogP contribution in [0.4, 0.5) is 13.2 Å². The second-order valence-corrected chi connectivity index (χ2v) is 4.25. The number of alkyl halides is 3. The Bertz CT molecular complexity index is 200. The van der Waals surface area contributed by atoms with Crippen molar-refractivity contribution in [2.75, 3.05) is 18.8 Å². The molecule has 0 N–H and O–H groups in total. The molecule has 1 aliphatic rings. The molecule has 76 valence electrons. The lowest BCUT2D eigenvalue weighted by atomic mass is 10.3. The van der Waals surface area contributed by atoms with Crippen LogP contribution in [0.5, 0.6) is 0 Å². The lowest BCUT2D eigenvalue weighted by molar-refractivity contribution is -0.129. The monoisotopic (exact) mass is 211 g/mol. The van der Waals surface area contributed by atoms with E-state index in [9.17, 15) is 13.2 Å². The number of halogens is 3. The summed E-state index contributed by atoms with van der Waals surface area (Å²) in [6, 6.07) is 0. The second-order valence-electron chi connectivity index (χ2n) is 3.07. The first kappa shape index (κ1) is 10.9. The molecule has 0 saturated carbocycles. The van der Waals surface area contributed by atoms with Gasteiger partial charge in [0, 0.05) is 18.8 Å². The number of hydrogen-bond acceptors (Lipinski definition) is 2. The molecule has 5 heteroatoms. The van der Waals surface area contributed by atoms with Crippen LogP contribution in [0, 0.1) is 0 Å². The maximum absolute atomic E-state index is 11.8. The van der Waals surface area contributed by atoms with Crippen LogP contribution in [0.15, 0.2) is 11.6 Å². The molecule has 0 unspecified atom stereocenters. The Balaban J connectivity index is 2.08. The first-order valence-electron chi connectivity index (χ1n) is 4.07. The minimum absolute atomic E-state index is 0.130. The molecule has 1 nitrogen and oxygen atoms in total. The molecule has 0 aromatic heterocycles. The molecule has 1 heterocycles. The summed E-state index contributed by atoms with van der Waals surface area (Å²) in [7, 11) is 0. The van der Waals surface area contributed by atoms with Gasteiger partial charge in [-0.2, -0.15) is 13.2 Å². The van der Waals surface area contributed by atoms with Crippen molar-refractivity contribution in [2.45, 2.75) is 19.5 Å². The largest absolute Gasteiger partial charge is 0.389 e. The van der Waals surface area contributed by atoms with Crippen molar-refractivity contribution < 1.29 is 13.2 Å². The van der Waals surface area contributed by atoms with Gasteiger partial charge in [0.25, 0.3) is 0 Å². The third-order valence-corrected chi connectivity index (χ3v) is 2.76. The molecule has 0 amide bonds. The topological polar surface area (TPSA) is 3.24 Å².